The highest BCUT2D eigenvalue weighted by atomic mass is 16.5. The van der Waals surface area contributed by atoms with E-state index in [1.807, 2.05) is 30.1 Å². The van der Waals surface area contributed by atoms with E-state index in [1.54, 1.807) is 14.2 Å². The van der Waals surface area contributed by atoms with Crippen molar-refractivity contribution in [2.45, 2.75) is 37.5 Å². The first-order valence-electron chi connectivity index (χ1n) is 9.16. The molecule has 1 saturated heterocycles. The van der Waals surface area contributed by atoms with Gasteiger partial charge in [0.2, 0.25) is 5.91 Å². The van der Waals surface area contributed by atoms with Gasteiger partial charge in [-0.15, -0.1) is 0 Å². The fourth-order valence-electron chi connectivity index (χ4n) is 4.30. The molecule has 0 N–H and O–H groups in total. The first-order valence-corrected chi connectivity index (χ1v) is 9.16. The third kappa shape index (κ3) is 3.47. The van der Waals surface area contributed by atoms with E-state index < -0.39 is 5.41 Å². The van der Waals surface area contributed by atoms with Gasteiger partial charge in [0.1, 0.15) is 0 Å². The van der Waals surface area contributed by atoms with Crippen LogP contribution in [0.4, 0.5) is 0 Å². The number of benzene rings is 1. The van der Waals surface area contributed by atoms with E-state index >= 15 is 0 Å². The van der Waals surface area contributed by atoms with E-state index in [0.717, 1.165) is 57.4 Å². The zero-order chi connectivity index (χ0) is 17.9. The largest absolute Gasteiger partial charge is 0.493 e. The highest BCUT2D eigenvalue weighted by Crippen LogP contribution is 2.45. The molecule has 3 rings (SSSR count). The Balaban J connectivity index is 1.86. The van der Waals surface area contributed by atoms with E-state index in [1.165, 1.54) is 0 Å². The molecule has 1 amide bonds. The van der Waals surface area contributed by atoms with Crippen LogP contribution in [0.5, 0.6) is 11.5 Å². The number of carbonyl (C=O) groups excluding carboxylic acids is 1. The average Bonchev–Trinajstić information content (AvgIpc) is 3.32. The van der Waals surface area contributed by atoms with Crippen LogP contribution < -0.4 is 9.47 Å². The summed E-state index contributed by atoms with van der Waals surface area (Å²) in [6.07, 6.45) is 5.00. The molecule has 0 spiro atoms. The van der Waals surface area contributed by atoms with Gasteiger partial charge >= 0.3 is 0 Å². The van der Waals surface area contributed by atoms with Crippen LogP contribution >= 0.6 is 0 Å². The zero-order valence-electron chi connectivity index (χ0n) is 15.5. The van der Waals surface area contributed by atoms with Crippen LogP contribution in [-0.2, 0) is 14.9 Å². The van der Waals surface area contributed by atoms with Crippen LogP contribution in [0.3, 0.4) is 0 Å². The Kier molecular flexibility index (Phi) is 5.52. The van der Waals surface area contributed by atoms with Crippen LogP contribution in [0.15, 0.2) is 18.2 Å². The minimum Gasteiger partial charge on any atom is -0.493 e. The number of methoxy groups -OCH3 is 2. The summed E-state index contributed by atoms with van der Waals surface area (Å²) in [7, 11) is 5.20. The van der Waals surface area contributed by atoms with Crippen LogP contribution in [-0.4, -0.2) is 51.8 Å². The molecule has 1 aromatic carbocycles. The predicted molar refractivity (Wildman–Crippen MR) is 96.3 cm³/mol. The van der Waals surface area contributed by atoms with Crippen molar-refractivity contribution in [3.63, 3.8) is 0 Å². The first kappa shape index (κ1) is 18.1. The van der Waals surface area contributed by atoms with Gasteiger partial charge in [-0.2, -0.15) is 0 Å². The molecule has 1 saturated carbocycles. The number of carbonyl (C=O) groups is 1. The second kappa shape index (κ2) is 7.65. The molecule has 1 aliphatic heterocycles. The molecule has 25 heavy (non-hydrogen) atoms. The van der Waals surface area contributed by atoms with Gasteiger partial charge in [-0.05, 0) is 37.0 Å². The fourth-order valence-corrected chi connectivity index (χ4v) is 4.30. The summed E-state index contributed by atoms with van der Waals surface area (Å²) in [5.41, 5.74) is 0.607. The van der Waals surface area contributed by atoms with Crippen LogP contribution in [0.25, 0.3) is 0 Å². The molecule has 0 bridgehead atoms. The maximum Gasteiger partial charge on any atom is 0.232 e. The molecule has 5 nitrogen and oxygen atoms in total. The fraction of sp³-hybridized carbons (Fsp3) is 0.650. The van der Waals surface area contributed by atoms with Gasteiger partial charge in [0.25, 0.3) is 0 Å². The lowest BCUT2D eigenvalue weighted by Gasteiger charge is -2.34. The number of ether oxygens (including phenoxy) is 3. The van der Waals surface area contributed by atoms with Crippen molar-refractivity contribution < 1.29 is 19.0 Å². The van der Waals surface area contributed by atoms with Crippen molar-refractivity contribution >= 4 is 5.91 Å². The number of likely N-dealkylation sites (N-methyl/N-ethyl adjacent to an activating group) is 1. The third-order valence-electron chi connectivity index (χ3n) is 5.71. The van der Waals surface area contributed by atoms with E-state index in [2.05, 4.69) is 0 Å². The standard InChI is InChI=1S/C20H29NO4/c1-21(13-15-8-11-25-14-15)19(22)20(9-4-5-10-20)16-6-7-17(23-2)18(12-16)24-3/h6-7,12,15H,4-5,8-11,13-14H2,1-3H3/t15-/m1/s1. The van der Waals surface area contributed by atoms with Crippen molar-refractivity contribution in [1.29, 1.82) is 0 Å². The lowest BCUT2D eigenvalue weighted by Crippen LogP contribution is -2.45. The molecule has 138 valence electrons. The summed E-state index contributed by atoms with van der Waals surface area (Å²) in [5, 5.41) is 0. The molecule has 0 aromatic heterocycles. The topological polar surface area (TPSA) is 48.0 Å². The maximum atomic E-state index is 13.4. The predicted octanol–water partition coefficient (Wildman–Crippen LogP) is 3.01. The van der Waals surface area contributed by atoms with Gasteiger partial charge in [0, 0.05) is 26.1 Å². The molecule has 0 radical (unpaired) electrons. The summed E-state index contributed by atoms with van der Waals surface area (Å²) >= 11 is 0. The monoisotopic (exact) mass is 347 g/mol. The van der Waals surface area contributed by atoms with E-state index in [0.29, 0.717) is 17.4 Å². The quantitative estimate of drug-likeness (QED) is 0.794. The Morgan fingerprint density at radius 1 is 1.24 bits per heavy atom. The maximum absolute atomic E-state index is 13.4. The summed E-state index contributed by atoms with van der Waals surface area (Å²) in [4.78, 5) is 15.3. The van der Waals surface area contributed by atoms with Crippen molar-refractivity contribution in [2.24, 2.45) is 5.92 Å². The normalized spacial score (nSPS) is 22.0. The molecule has 1 atom stereocenters. The van der Waals surface area contributed by atoms with Gasteiger partial charge in [0.15, 0.2) is 11.5 Å². The first-order chi connectivity index (χ1) is 12.1. The molecule has 5 heteroatoms. The van der Waals surface area contributed by atoms with Crippen LogP contribution in [0, 0.1) is 5.92 Å². The zero-order valence-corrected chi connectivity index (χ0v) is 15.5. The minimum absolute atomic E-state index is 0.226. The van der Waals surface area contributed by atoms with Crippen molar-refractivity contribution in [3.05, 3.63) is 23.8 Å². The highest BCUT2D eigenvalue weighted by molar-refractivity contribution is 5.88. The second-order valence-corrected chi connectivity index (χ2v) is 7.27. The van der Waals surface area contributed by atoms with Crippen LogP contribution in [0.2, 0.25) is 0 Å². The van der Waals surface area contributed by atoms with E-state index in [4.69, 9.17) is 14.2 Å². The molecular formula is C20H29NO4. The lowest BCUT2D eigenvalue weighted by molar-refractivity contribution is -0.136. The van der Waals surface area contributed by atoms with Gasteiger partial charge in [-0.25, -0.2) is 0 Å². The second-order valence-electron chi connectivity index (χ2n) is 7.27. The summed E-state index contributed by atoms with van der Waals surface area (Å²) in [6.45, 7) is 2.35. The smallest absolute Gasteiger partial charge is 0.232 e. The van der Waals surface area contributed by atoms with Gasteiger partial charge in [-0.1, -0.05) is 18.9 Å². The number of amides is 1. The Morgan fingerprint density at radius 2 is 1.96 bits per heavy atom. The Hall–Kier alpha value is -1.75. The van der Waals surface area contributed by atoms with Gasteiger partial charge < -0.3 is 19.1 Å². The summed E-state index contributed by atoms with van der Waals surface area (Å²) < 4.78 is 16.3. The molecule has 0 unspecified atom stereocenters. The number of hydrogen-bond donors (Lipinski definition) is 0. The number of rotatable bonds is 6. The Bertz CT molecular complexity index is 604. The van der Waals surface area contributed by atoms with Crippen LogP contribution in [0.1, 0.15) is 37.7 Å². The third-order valence-corrected chi connectivity index (χ3v) is 5.71. The van der Waals surface area contributed by atoms with Crippen molar-refractivity contribution in [2.75, 3.05) is 41.0 Å². The van der Waals surface area contributed by atoms with E-state index in [-0.39, 0.29) is 5.91 Å². The molecule has 2 aliphatic rings. The SMILES string of the molecule is COc1ccc(C2(C(=O)N(C)C[C@H]3CCOC3)CCCC2)cc1OC. The number of nitrogens with zero attached hydrogens (tertiary/aromatic N) is 1. The van der Waals surface area contributed by atoms with Gasteiger partial charge in [0.05, 0.1) is 26.2 Å². The molecular weight excluding hydrogens is 318 g/mol. The Labute approximate surface area is 150 Å². The minimum atomic E-state index is -0.437. The van der Waals surface area contributed by atoms with Crippen molar-refractivity contribution in [3.8, 4) is 11.5 Å². The summed E-state index contributed by atoms with van der Waals surface area (Å²) in [5.74, 6) is 2.07. The molecule has 1 heterocycles. The van der Waals surface area contributed by atoms with Crippen molar-refractivity contribution in [1.82, 2.24) is 4.90 Å². The van der Waals surface area contributed by atoms with E-state index in [9.17, 15) is 4.79 Å². The Morgan fingerprint density at radius 3 is 2.56 bits per heavy atom. The molecule has 1 aliphatic carbocycles. The highest BCUT2D eigenvalue weighted by Gasteiger charge is 2.45. The number of hydrogen-bond acceptors (Lipinski definition) is 4. The lowest BCUT2D eigenvalue weighted by atomic mass is 9.77. The summed E-state index contributed by atoms with van der Waals surface area (Å²) in [6, 6.07) is 5.91. The van der Waals surface area contributed by atoms with Gasteiger partial charge in [-0.3, -0.25) is 4.79 Å². The molecule has 2 fully saturated rings. The molecule has 1 aromatic rings. The average molecular weight is 347 g/mol.